The van der Waals surface area contributed by atoms with Crippen LogP contribution in [0.2, 0.25) is 0 Å². The average Bonchev–Trinajstić information content (AvgIpc) is 2.75. The van der Waals surface area contributed by atoms with Gasteiger partial charge in [-0.15, -0.1) is 0 Å². The Balaban J connectivity index is 2.00. The number of rotatable bonds is 0. The van der Waals surface area contributed by atoms with Crippen LogP contribution in [0, 0.1) is 11.6 Å². The second-order valence-electron chi connectivity index (χ2n) is 7.23. The van der Waals surface area contributed by atoms with Crippen molar-refractivity contribution < 1.29 is 8.78 Å². The first kappa shape index (κ1) is 15.5. The Morgan fingerprint density at radius 1 is 0.393 bits per heavy atom. The molecule has 0 saturated carbocycles. The molecule has 0 spiro atoms. The third-order valence-electron chi connectivity index (χ3n) is 5.76. The van der Waals surface area contributed by atoms with E-state index >= 15 is 0 Å². The number of hydrogen-bond acceptors (Lipinski definition) is 0. The van der Waals surface area contributed by atoms with E-state index in [9.17, 15) is 8.78 Å². The highest BCUT2D eigenvalue weighted by Gasteiger charge is 2.14. The third-order valence-corrected chi connectivity index (χ3v) is 5.76. The summed E-state index contributed by atoms with van der Waals surface area (Å²) in [5.74, 6) is -1.61. The first-order valence-corrected chi connectivity index (χ1v) is 9.26. The van der Waals surface area contributed by atoms with E-state index in [1.54, 1.807) is 12.1 Å². The lowest BCUT2D eigenvalue weighted by molar-refractivity contribution is 0.517. The van der Waals surface area contributed by atoms with Gasteiger partial charge in [-0.1, -0.05) is 78.9 Å². The van der Waals surface area contributed by atoms with Gasteiger partial charge in [0.1, 0.15) is 0 Å². The van der Waals surface area contributed by atoms with E-state index < -0.39 is 11.6 Å². The molecular formula is C26H14F2. The highest BCUT2D eigenvalue weighted by molar-refractivity contribution is 6.32. The van der Waals surface area contributed by atoms with Crippen molar-refractivity contribution in [3.05, 3.63) is 96.6 Å². The summed E-state index contributed by atoms with van der Waals surface area (Å²) < 4.78 is 28.4. The van der Waals surface area contributed by atoms with Crippen LogP contribution in [0.1, 0.15) is 0 Å². The fourth-order valence-corrected chi connectivity index (χ4v) is 4.48. The molecule has 0 radical (unpaired) electrons. The van der Waals surface area contributed by atoms with Crippen molar-refractivity contribution in [2.75, 3.05) is 0 Å². The summed E-state index contributed by atoms with van der Waals surface area (Å²) in [5, 5.41) is 9.84. The molecule has 2 heteroatoms. The Kier molecular flexibility index (Phi) is 3.05. The monoisotopic (exact) mass is 364 g/mol. The first-order chi connectivity index (χ1) is 13.7. The lowest BCUT2D eigenvalue weighted by Gasteiger charge is -2.13. The van der Waals surface area contributed by atoms with Gasteiger partial charge in [0.05, 0.1) is 0 Å². The van der Waals surface area contributed by atoms with Crippen molar-refractivity contribution in [3.63, 3.8) is 0 Å². The molecule has 0 fully saturated rings. The van der Waals surface area contributed by atoms with Gasteiger partial charge in [0.15, 0.2) is 11.6 Å². The van der Waals surface area contributed by atoms with Gasteiger partial charge in [0.25, 0.3) is 0 Å². The predicted molar refractivity (Wildman–Crippen MR) is 114 cm³/mol. The zero-order valence-corrected chi connectivity index (χ0v) is 14.8. The summed E-state index contributed by atoms with van der Waals surface area (Å²) in [4.78, 5) is 0. The van der Waals surface area contributed by atoms with E-state index in [4.69, 9.17) is 0 Å². The molecule has 0 unspecified atom stereocenters. The van der Waals surface area contributed by atoms with E-state index in [-0.39, 0.29) is 0 Å². The lowest BCUT2D eigenvalue weighted by Crippen LogP contribution is -1.89. The minimum absolute atomic E-state index is 0.317. The summed E-state index contributed by atoms with van der Waals surface area (Å²) >= 11 is 0. The van der Waals surface area contributed by atoms with Crippen LogP contribution in [0.4, 0.5) is 8.78 Å². The van der Waals surface area contributed by atoms with Gasteiger partial charge in [-0.2, -0.15) is 0 Å². The van der Waals surface area contributed by atoms with Crippen LogP contribution in [-0.4, -0.2) is 0 Å². The van der Waals surface area contributed by atoms with Crippen LogP contribution >= 0.6 is 0 Å². The zero-order chi connectivity index (χ0) is 18.8. The summed E-state index contributed by atoms with van der Waals surface area (Å²) in [7, 11) is 0. The highest BCUT2D eigenvalue weighted by Crippen LogP contribution is 2.39. The highest BCUT2D eigenvalue weighted by atomic mass is 19.2. The molecule has 132 valence electrons. The van der Waals surface area contributed by atoms with Gasteiger partial charge in [-0.3, -0.25) is 0 Å². The van der Waals surface area contributed by atoms with Crippen molar-refractivity contribution in [1.29, 1.82) is 0 Å². The molecule has 6 aromatic rings. The van der Waals surface area contributed by atoms with Gasteiger partial charge < -0.3 is 0 Å². The molecule has 0 aromatic heterocycles. The zero-order valence-electron chi connectivity index (χ0n) is 14.8. The first-order valence-electron chi connectivity index (χ1n) is 9.26. The third kappa shape index (κ3) is 1.97. The largest absolute Gasteiger partial charge is 0.204 e. The Morgan fingerprint density at radius 3 is 1.68 bits per heavy atom. The predicted octanol–water partition coefficient (Wildman–Crippen LogP) is 7.73. The van der Waals surface area contributed by atoms with Crippen LogP contribution in [0.25, 0.3) is 53.9 Å². The normalized spacial score (nSPS) is 11.9. The van der Waals surface area contributed by atoms with Gasteiger partial charge >= 0.3 is 0 Å². The molecule has 0 bridgehead atoms. The number of benzene rings is 6. The second-order valence-corrected chi connectivity index (χ2v) is 7.23. The molecule has 6 rings (SSSR count). The van der Waals surface area contributed by atoms with E-state index in [0.717, 1.165) is 48.5 Å². The molecule has 0 aliphatic carbocycles. The van der Waals surface area contributed by atoms with Crippen molar-refractivity contribution >= 4 is 53.9 Å². The second kappa shape index (κ2) is 5.49. The Labute approximate surface area is 159 Å². The number of hydrogen-bond donors (Lipinski definition) is 0. The van der Waals surface area contributed by atoms with E-state index in [1.165, 1.54) is 6.07 Å². The standard InChI is InChI=1S/C26H14F2/c27-22-14-13-20-21(26(22)28)12-11-17-8-10-18-9-7-16-6-5-15-3-1-2-4-19(15)23(16)25(18)24(17)20/h1-14H. The van der Waals surface area contributed by atoms with Crippen molar-refractivity contribution in [3.8, 4) is 0 Å². The average molecular weight is 364 g/mol. The molecule has 0 N–H and O–H groups in total. The summed E-state index contributed by atoms with van der Waals surface area (Å²) in [5.41, 5.74) is 0. The van der Waals surface area contributed by atoms with E-state index in [0.29, 0.717) is 5.39 Å². The van der Waals surface area contributed by atoms with Gasteiger partial charge in [0, 0.05) is 5.39 Å². The molecule has 0 saturated heterocycles. The molecule has 0 heterocycles. The molecule has 28 heavy (non-hydrogen) atoms. The van der Waals surface area contributed by atoms with Crippen LogP contribution in [0.15, 0.2) is 84.9 Å². The smallest absolute Gasteiger partial charge is 0.166 e. The van der Waals surface area contributed by atoms with Gasteiger partial charge in [-0.05, 0) is 54.5 Å². The minimum atomic E-state index is -0.817. The van der Waals surface area contributed by atoms with Crippen molar-refractivity contribution in [2.45, 2.75) is 0 Å². The Hall–Kier alpha value is -3.52. The molecule has 0 atom stereocenters. The molecule has 0 aliphatic rings. The molecule has 0 amide bonds. The molecule has 0 aliphatic heterocycles. The maximum Gasteiger partial charge on any atom is 0.166 e. The van der Waals surface area contributed by atoms with Crippen molar-refractivity contribution in [1.82, 2.24) is 0 Å². The van der Waals surface area contributed by atoms with E-state index in [2.05, 4.69) is 48.5 Å². The van der Waals surface area contributed by atoms with Crippen LogP contribution in [0.3, 0.4) is 0 Å². The molecule has 6 aromatic carbocycles. The summed E-state index contributed by atoms with van der Waals surface area (Å²) in [6, 6.07) is 27.4. The van der Waals surface area contributed by atoms with E-state index in [1.807, 2.05) is 18.2 Å². The Bertz CT molecular complexity index is 1570. The molecular weight excluding hydrogens is 350 g/mol. The fourth-order valence-electron chi connectivity index (χ4n) is 4.48. The summed E-state index contributed by atoms with van der Waals surface area (Å²) in [6.45, 7) is 0. The fraction of sp³-hybridized carbons (Fsp3) is 0. The summed E-state index contributed by atoms with van der Waals surface area (Å²) in [6.07, 6.45) is 0. The van der Waals surface area contributed by atoms with Gasteiger partial charge in [0.2, 0.25) is 0 Å². The van der Waals surface area contributed by atoms with Crippen LogP contribution in [-0.2, 0) is 0 Å². The topological polar surface area (TPSA) is 0 Å². The number of fused-ring (bicyclic) bond motifs is 9. The maximum absolute atomic E-state index is 14.5. The maximum atomic E-state index is 14.5. The lowest BCUT2D eigenvalue weighted by atomic mass is 9.90. The Morgan fingerprint density at radius 2 is 0.929 bits per heavy atom. The number of halogens is 2. The van der Waals surface area contributed by atoms with Crippen LogP contribution in [0.5, 0.6) is 0 Å². The quantitative estimate of drug-likeness (QED) is 0.242. The minimum Gasteiger partial charge on any atom is -0.204 e. The van der Waals surface area contributed by atoms with Gasteiger partial charge in [-0.25, -0.2) is 8.78 Å². The SMILES string of the molecule is Fc1ccc2c(ccc3ccc4ccc5ccc6ccccc6c5c4c32)c1F. The molecule has 0 nitrogen and oxygen atoms in total. The van der Waals surface area contributed by atoms with Crippen molar-refractivity contribution in [2.24, 2.45) is 0 Å². The van der Waals surface area contributed by atoms with Crippen LogP contribution < -0.4 is 0 Å².